The van der Waals surface area contributed by atoms with Crippen LogP contribution in [0.5, 0.6) is 0 Å². The molecule has 1 aliphatic rings. The second-order valence-corrected chi connectivity index (χ2v) is 6.86. The van der Waals surface area contributed by atoms with Crippen LogP contribution in [0.4, 0.5) is 0 Å². The maximum atomic E-state index is 3.47. The van der Waals surface area contributed by atoms with Gasteiger partial charge < -0.3 is 5.32 Å². The van der Waals surface area contributed by atoms with Crippen LogP contribution in [0.2, 0.25) is 0 Å². The zero-order chi connectivity index (χ0) is 15.1. The summed E-state index contributed by atoms with van der Waals surface area (Å²) < 4.78 is 0. The quantitative estimate of drug-likeness (QED) is 0.822. The van der Waals surface area contributed by atoms with E-state index in [2.05, 4.69) is 61.3 Å². The van der Waals surface area contributed by atoms with Gasteiger partial charge in [-0.15, -0.1) is 0 Å². The van der Waals surface area contributed by atoms with Crippen molar-refractivity contribution in [3.8, 4) is 0 Å². The minimum Gasteiger partial charge on any atom is -0.317 e. The molecule has 0 radical (unpaired) electrons. The van der Waals surface area contributed by atoms with Gasteiger partial charge in [-0.3, -0.25) is 4.90 Å². The van der Waals surface area contributed by atoms with Crippen molar-refractivity contribution < 1.29 is 0 Å². The maximum absolute atomic E-state index is 3.47. The Morgan fingerprint density at radius 2 is 1.76 bits per heavy atom. The van der Waals surface area contributed by atoms with E-state index in [1.807, 2.05) is 0 Å². The molecule has 0 aromatic heterocycles. The Balaban J connectivity index is 1.84. The minimum atomic E-state index is 0.644. The summed E-state index contributed by atoms with van der Waals surface area (Å²) in [5.41, 5.74) is 1.47. The van der Waals surface area contributed by atoms with E-state index in [4.69, 9.17) is 0 Å². The molecule has 1 aliphatic heterocycles. The number of nitrogens with one attached hydrogen (secondary N) is 1. The highest BCUT2D eigenvalue weighted by Crippen LogP contribution is 2.19. The van der Waals surface area contributed by atoms with E-state index in [1.54, 1.807) is 0 Å². The molecule has 1 aromatic rings. The summed E-state index contributed by atoms with van der Waals surface area (Å²) in [5.74, 6) is 0.882. The molecule has 1 aromatic carbocycles. The van der Waals surface area contributed by atoms with Crippen molar-refractivity contribution in [3.05, 3.63) is 35.9 Å². The molecule has 0 amide bonds. The first kappa shape index (κ1) is 16.5. The van der Waals surface area contributed by atoms with Crippen LogP contribution in [0.25, 0.3) is 0 Å². The van der Waals surface area contributed by atoms with Gasteiger partial charge in [0.1, 0.15) is 0 Å². The lowest BCUT2D eigenvalue weighted by molar-refractivity contribution is 0.119. The molecule has 2 nitrogen and oxygen atoms in total. The molecule has 1 fully saturated rings. The van der Waals surface area contributed by atoms with Crippen LogP contribution in [0.3, 0.4) is 0 Å². The molecule has 1 heterocycles. The van der Waals surface area contributed by atoms with Gasteiger partial charge in [0, 0.05) is 18.6 Å². The van der Waals surface area contributed by atoms with Crippen LogP contribution < -0.4 is 5.32 Å². The van der Waals surface area contributed by atoms with Crippen molar-refractivity contribution >= 4 is 0 Å². The van der Waals surface area contributed by atoms with Gasteiger partial charge in [0.15, 0.2) is 0 Å². The van der Waals surface area contributed by atoms with E-state index in [-0.39, 0.29) is 0 Å². The summed E-state index contributed by atoms with van der Waals surface area (Å²) in [6.07, 6.45) is 5.13. The zero-order valence-electron chi connectivity index (χ0n) is 14.0. The smallest absolute Gasteiger partial charge is 0.00729 e. The van der Waals surface area contributed by atoms with E-state index in [1.165, 1.54) is 50.9 Å². The highest BCUT2D eigenvalue weighted by Gasteiger charge is 2.22. The largest absolute Gasteiger partial charge is 0.317 e. The van der Waals surface area contributed by atoms with Crippen molar-refractivity contribution in [2.24, 2.45) is 5.92 Å². The summed E-state index contributed by atoms with van der Waals surface area (Å²) in [4.78, 5) is 2.72. The van der Waals surface area contributed by atoms with E-state index in [0.29, 0.717) is 12.1 Å². The molecule has 1 unspecified atom stereocenters. The standard InChI is InChI=1S/C19H32N2/c1-16(2)21(15-19-11-13-20-14-12-19)17(3)9-10-18-7-5-4-6-8-18/h4-8,16-17,19-20H,9-15H2,1-3H3. The van der Waals surface area contributed by atoms with Crippen molar-refractivity contribution in [3.63, 3.8) is 0 Å². The Labute approximate surface area is 130 Å². The predicted molar refractivity (Wildman–Crippen MR) is 91.7 cm³/mol. The fourth-order valence-electron chi connectivity index (χ4n) is 3.45. The Hall–Kier alpha value is -0.860. The lowest BCUT2D eigenvalue weighted by Gasteiger charge is -2.37. The van der Waals surface area contributed by atoms with Gasteiger partial charge in [0.05, 0.1) is 0 Å². The maximum Gasteiger partial charge on any atom is 0.00729 e. The van der Waals surface area contributed by atoms with Crippen LogP contribution in [0.15, 0.2) is 30.3 Å². The first-order chi connectivity index (χ1) is 10.2. The number of hydrogen-bond acceptors (Lipinski definition) is 2. The van der Waals surface area contributed by atoms with Crippen LogP contribution in [0, 0.1) is 5.92 Å². The van der Waals surface area contributed by atoms with Crippen molar-refractivity contribution in [2.75, 3.05) is 19.6 Å². The minimum absolute atomic E-state index is 0.644. The highest BCUT2D eigenvalue weighted by atomic mass is 15.2. The van der Waals surface area contributed by atoms with Crippen molar-refractivity contribution in [1.82, 2.24) is 10.2 Å². The Bertz CT molecular complexity index is 382. The van der Waals surface area contributed by atoms with Gasteiger partial charge in [-0.2, -0.15) is 0 Å². The van der Waals surface area contributed by atoms with Crippen LogP contribution in [-0.2, 0) is 6.42 Å². The average molecular weight is 288 g/mol. The number of hydrogen-bond donors (Lipinski definition) is 1. The lowest BCUT2D eigenvalue weighted by atomic mass is 9.95. The predicted octanol–water partition coefficient (Wildman–Crippen LogP) is 3.72. The van der Waals surface area contributed by atoms with Crippen LogP contribution in [-0.4, -0.2) is 36.6 Å². The van der Waals surface area contributed by atoms with Crippen LogP contribution in [0.1, 0.15) is 45.6 Å². The molecule has 0 saturated carbocycles. The third-order valence-electron chi connectivity index (χ3n) is 4.85. The van der Waals surface area contributed by atoms with Gasteiger partial charge in [-0.25, -0.2) is 0 Å². The van der Waals surface area contributed by atoms with Gasteiger partial charge in [-0.1, -0.05) is 30.3 Å². The number of piperidine rings is 1. The molecule has 2 rings (SSSR count). The summed E-state index contributed by atoms with van der Waals surface area (Å²) in [5, 5.41) is 3.47. The number of nitrogens with zero attached hydrogens (tertiary/aromatic N) is 1. The summed E-state index contributed by atoms with van der Waals surface area (Å²) in [7, 11) is 0. The lowest BCUT2D eigenvalue weighted by Crippen LogP contribution is -2.44. The second kappa shape index (κ2) is 8.55. The fourth-order valence-corrected chi connectivity index (χ4v) is 3.45. The first-order valence-corrected chi connectivity index (χ1v) is 8.67. The third-order valence-corrected chi connectivity index (χ3v) is 4.85. The first-order valence-electron chi connectivity index (χ1n) is 8.67. The van der Waals surface area contributed by atoms with Gasteiger partial charge in [0.25, 0.3) is 0 Å². The normalized spacial score (nSPS) is 18.3. The molecule has 21 heavy (non-hydrogen) atoms. The van der Waals surface area contributed by atoms with E-state index >= 15 is 0 Å². The Morgan fingerprint density at radius 3 is 2.38 bits per heavy atom. The molecular formula is C19H32N2. The Kier molecular flexibility index (Phi) is 6.72. The van der Waals surface area contributed by atoms with E-state index < -0.39 is 0 Å². The van der Waals surface area contributed by atoms with Gasteiger partial charge >= 0.3 is 0 Å². The molecule has 0 aliphatic carbocycles. The molecule has 0 spiro atoms. The number of aryl methyl sites for hydroxylation is 1. The number of rotatable bonds is 7. The SMILES string of the molecule is CC(C)N(CC1CCNCC1)C(C)CCc1ccccc1. The van der Waals surface area contributed by atoms with Crippen molar-refractivity contribution in [1.29, 1.82) is 0 Å². The second-order valence-electron chi connectivity index (χ2n) is 6.86. The van der Waals surface area contributed by atoms with Gasteiger partial charge in [-0.05, 0) is 71.0 Å². The topological polar surface area (TPSA) is 15.3 Å². The van der Waals surface area contributed by atoms with Crippen LogP contribution >= 0.6 is 0 Å². The molecule has 1 saturated heterocycles. The van der Waals surface area contributed by atoms with E-state index in [9.17, 15) is 0 Å². The summed E-state index contributed by atoms with van der Waals surface area (Å²) >= 11 is 0. The highest BCUT2D eigenvalue weighted by molar-refractivity contribution is 5.14. The van der Waals surface area contributed by atoms with Crippen molar-refractivity contribution in [2.45, 2.75) is 58.5 Å². The summed E-state index contributed by atoms with van der Waals surface area (Å²) in [6.45, 7) is 10.8. The molecule has 2 heteroatoms. The van der Waals surface area contributed by atoms with E-state index in [0.717, 1.165) is 5.92 Å². The average Bonchev–Trinajstić information content (AvgIpc) is 2.52. The molecular weight excluding hydrogens is 256 g/mol. The molecule has 0 bridgehead atoms. The number of benzene rings is 1. The molecule has 118 valence electrons. The monoisotopic (exact) mass is 288 g/mol. The fraction of sp³-hybridized carbons (Fsp3) is 0.684. The third kappa shape index (κ3) is 5.44. The van der Waals surface area contributed by atoms with Gasteiger partial charge in [0.2, 0.25) is 0 Å². The summed E-state index contributed by atoms with van der Waals surface area (Å²) in [6, 6.07) is 12.2. The molecule has 1 atom stereocenters. The Morgan fingerprint density at radius 1 is 1.10 bits per heavy atom. The molecule has 1 N–H and O–H groups in total. The zero-order valence-corrected chi connectivity index (χ0v) is 14.0.